The molecule has 2 rings (SSSR count). The van der Waals surface area contributed by atoms with Crippen molar-refractivity contribution in [3.63, 3.8) is 0 Å². The summed E-state index contributed by atoms with van der Waals surface area (Å²) < 4.78 is 5.36. The van der Waals surface area contributed by atoms with Crippen molar-refractivity contribution >= 4 is 6.09 Å². The van der Waals surface area contributed by atoms with E-state index in [-0.39, 0.29) is 12.0 Å². The Hall–Kier alpha value is -1.24. The van der Waals surface area contributed by atoms with E-state index >= 15 is 0 Å². The first-order valence-corrected chi connectivity index (χ1v) is 6.28. The van der Waals surface area contributed by atoms with E-state index in [1.54, 1.807) is 4.90 Å². The van der Waals surface area contributed by atoms with Crippen LogP contribution in [0.5, 0.6) is 0 Å². The van der Waals surface area contributed by atoms with Gasteiger partial charge in [-0.15, -0.1) is 0 Å². The number of ether oxygens (including phenoxy) is 1. The fourth-order valence-corrected chi connectivity index (χ4v) is 2.72. The van der Waals surface area contributed by atoms with E-state index < -0.39 is 5.60 Å². The Balaban J connectivity index is 1.91. The van der Waals surface area contributed by atoms with Crippen LogP contribution in [0.3, 0.4) is 0 Å². The Bertz CT molecular complexity index is 353. The fourth-order valence-electron chi connectivity index (χ4n) is 2.72. The van der Waals surface area contributed by atoms with Crippen LogP contribution in [-0.2, 0) is 4.74 Å². The molecule has 17 heavy (non-hydrogen) atoms. The summed E-state index contributed by atoms with van der Waals surface area (Å²) in [7, 11) is 0. The summed E-state index contributed by atoms with van der Waals surface area (Å²) in [5, 5.41) is 8.95. The van der Waals surface area contributed by atoms with Gasteiger partial charge in [0.1, 0.15) is 5.60 Å². The van der Waals surface area contributed by atoms with E-state index in [0.717, 1.165) is 19.4 Å². The molecule has 0 radical (unpaired) electrons. The van der Waals surface area contributed by atoms with Crippen LogP contribution in [0.25, 0.3) is 0 Å². The molecule has 2 aliphatic rings. The van der Waals surface area contributed by atoms with Crippen LogP contribution in [0, 0.1) is 29.1 Å². The van der Waals surface area contributed by atoms with Crippen LogP contribution in [0.2, 0.25) is 0 Å². The highest BCUT2D eigenvalue weighted by Crippen LogP contribution is 2.45. The summed E-state index contributed by atoms with van der Waals surface area (Å²) >= 11 is 0. The summed E-state index contributed by atoms with van der Waals surface area (Å²) in [4.78, 5) is 13.7. The van der Waals surface area contributed by atoms with E-state index in [4.69, 9.17) is 10.00 Å². The lowest BCUT2D eigenvalue weighted by Crippen LogP contribution is -2.52. The molecule has 4 heteroatoms. The Morgan fingerprint density at radius 1 is 1.47 bits per heavy atom. The highest BCUT2D eigenvalue weighted by atomic mass is 16.6. The number of likely N-dealkylation sites (tertiary alicyclic amines) is 1. The number of hydrogen-bond acceptors (Lipinski definition) is 3. The average Bonchev–Trinajstić information content (AvgIpc) is 2.17. The molecule has 3 atom stereocenters. The van der Waals surface area contributed by atoms with Gasteiger partial charge in [0.05, 0.1) is 12.0 Å². The van der Waals surface area contributed by atoms with Gasteiger partial charge in [0, 0.05) is 13.1 Å². The normalized spacial score (nSPS) is 32.1. The molecule has 1 saturated carbocycles. The Kier molecular flexibility index (Phi) is 3.03. The minimum Gasteiger partial charge on any atom is -0.444 e. The minimum absolute atomic E-state index is 0.144. The lowest BCUT2D eigenvalue weighted by atomic mass is 9.62. The predicted molar refractivity (Wildman–Crippen MR) is 63.1 cm³/mol. The Morgan fingerprint density at radius 3 is 2.76 bits per heavy atom. The van der Waals surface area contributed by atoms with Crippen LogP contribution in [-0.4, -0.2) is 29.7 Å². The van der Waals surface area contributed by atoms with E-state index in [2.05, 4.69) is 6.07 Å². The number of carbonyl (C=O) groups excluding carboxylic acids is 1. The van der Waals surface area contributed by atoms with Crippen LogP contribution < -0.4 is 0 Å². The molecule has 1 amide bonds. The zero-order valence-corrected chi connectivity index (χ0v) is 10.8. The number of hydrogen-bond donors (Lipinski definition) is 0. The van der Waals surface area contributed by atoms with Crippen molar-refractivity contribution in [1.29, 1.82) is 5.26 Å². The first-order chi connectivity index (χ1) is 7.90. The second-order valence-electron chi connectivity index (χ2n) is 6.11. The lowest BCUT2D eigenvalue weighted by molar-refractivity contribution is -0.0182. The molecule has 1 aliphatic carbocycles. The maximum absolute atomic E-state index is 11.9. The first-order valence-electron chi connectivity index (χ1n) is 6.28. The number of amides is 1. The molecule has 0 aromatic carbocycles. The molecule has 2 fully saturated rings. The number of nitrogens with zero attached hydrogens (tertiary/aromatic N) is 2. The lowest BCUT2D eigenvalue weighted by Gasteiger charge is -2.48. The highest BCUT2D eigenvalue weighted by Gasteiger charge is 2.45. The quantitative estimate of drug-likeness (QED) is 0.649. The third-order valence-corrected chi connectivity index (χ3v) is 3.70. The summed E-state index contributed by atoms with van der Waals surface area (Å²) in [5.41, 5.74) is -0.442. The molecule has 0 aromatic heterocycles. The standard InChI is InChI=1S/C13H20N2O2/c1-13(2,3)17-12(16)15-5-4-9-6-10(7-14)11(9)8-15/h9-11H,4-6,8H2,1-3H3/t9-,10+,11-/m0/s1. The average molecular weight is 236 g/mol. The molecule has 0 aromatic rings. The van der Waals surface area contributed by atoms with E-state index in [0.29, 0.717) is 18.4 Å². The van der Waals surface area contributed by atoms with Gasteiger partial charge < -0.3 is 9.64 Å². The van der Waals surface area contributed by atoms with Gasteiger partial charge in [-0.25, -0.2) is 4.79 Å². The highest BCUT2D eigenvalue weighted by molar-refractivity contribution is 5.68. The molecule has 94 valence electrons. The summed E-state index contributed by atoms with van der Waals surface area (Å²) in [5.74, 6) is 1.17. The van der Waals surface area contributed by atoms with Gasteiger partial charge in [-0.2, -0.15) is 5.26 Å². The molecule has 0 N–H and O–H groups in total. The maximum atomic E-state index is 11.9. The number of fused-ring (bicyclic) bond motifs is 1. The third-order valence-electron chi connectivity index (χ3n) is 3.70. The fraction of sp³-hybridized carbons (Fsp3) is 0.846. The Labute approximate surface area is 103 Å². The molecule has 0 bridgehead atoms. The summed E-state index contributed by atoms with van der Waals surface area (Å²) in [6, 6.07) is 2.33. The molecular formula is C13H20N2O2. The monoisotopic (exact) mass is 236 g/mol. The number of carbonyl (C=O) groups is 1. The zero-order valence-electron chi connectivity index (χ0n) is 10.8. The van der Waals surface area contributed by atoms with Crippen molar-refractivity contribution in [2.24, 2.45) is 17.8 Å². The molecule has 1 aliphatic heterocycles. The van der Waals surface area contributed by atoms with Gasteiger partial charge in [-0.1, -0.05) is 0 Å². The third kappa shape index (κ3) is 2.54. The van der Waals surface area contributed by atoms with Crippen molar-refractivity contribution in [2.75, 3.05) is 13.1 Å². The first kappa shape index (κ1) is 12.2. The molecule has 1 saturated heterocycles. The Morgan fingerprint density at radius 2 is 2.18 bits per heavy atom. The number of nitriles is 1. The predicted octanol–water partition coefficient (Wildman–Crippen LogP) is 2.40. The van der Waals surface area contributed by atoms with Gasteiger partial charge in [-0.3, -0.25) is 0 Å². The topological polar surface area (TPSA) is 53.3 Å². The van der Waals surface area contributed by atoms with Crippen molar-refractivity contribution in [1.82, 2.24) is 4.90 Å². The van der Waals surface area contributed by atoms with Crippen LogP contribution in [0.1, 0.15) is 33.6 Å². The number of piperidine rings is 1. The van der Waals surface area contributed by atoms with Crippen molar-refractivity contribution in [2.45, 2.75) is 39.2 Å². The van der Waals surface area contributed by atoms with Crippen molar-refractivity contribution < 1.29 is 9.53 Å². The van der Waals surface area contributed by atoms with Crippen molar-refractivity contribution in [3.8, 4) is 6.07 Å². The van der Waals surface area contributed by atoms with Crippen LogP contribution in [0.15, 0.2) is 0 Å². The molecule has 0 unspecified atom stereocenters. The largest absolute Gasteiger partial charge is 0.444 e. The molecule has 0 spiro atoms. The van der Waals surface area contributed by atoms with Gasteiger partial charge >= 0.3 is 6.09 Å². The van der Waals surface area contributed by atoms with E-state index in [1.165, 1.54) is 0 Å². The van der Waals surface area contributed by atoms with Gasteiger partial charge in [-0.05, 0) is 45.4 Å². The summed E-state index contributed by atoms with van der Waals surface area (Å²) in [6.45, 7) is 7.09. The molecule has 4 nitrogen and oxygen atoms in total. The van der Waals surface area contributed by atoms with Gasteiger partial charge in [0.2, 0.25) is 0 Å². The maximum Gasteiger partial charge on any atom is 0.410 e. The molecule has 1 heterocycles. The molecular weight excluding hydrogens is 216 g/mol. The zero-order chi connectivity index (χ0) is 12.6. The SMILES string of the molecule is CC(C)(C)OC(=O)N1CC[C@H]2C[C@H](C#N)[C@H]2C1. The van der Waals surface area contributed by atoms with Crippen LogP contribution >= 0.6 is 0 Å². The second kappa shape index (κ2) is 4.21. The van der Waals surface area contributed by atoms with Gasteiger partial charge in [0.25, 0.3) is 0 Å². The van der Waals surface area contributed by atoms with Crippen molar-refractivity contribution in [3.05, 3.63) is 0 Å². The van der Waals surface area contributed by atoms with E-state index in [9.17, 15) is 4.79 Å². The minimum atomic E-state index is -0.442. The smallest absolute Gasteiger partial charge is 0.410 e. The summed E-state index contributed by atoms with van der Waals surface area (Å²) in [6.07, 6.45) is 1.80. The second-order valence-corrected chi connectivity index (χ2v) is 6.11. The number of rotatable bonds is 0. The van der Waals surface area contributed by atoms with Gasteiger partial charge in [0.15, 0.2) is 0 Å². The van der Waals surface area contributed by atoms with Crippen LogP contribution in [0.4, 0.5) is 4.79 Å². The van der Waals surface area contributed by atoms with E-state index in [1.807, 2.05) is 20.8 Å².